The number of carbonyl (C=O) groups is 1. The fourth-order valence-electron chi connectivity index (χ4n) is 3.21. The van der Waals surface area contributed by atoms with E-state index in [0.717, 1.165) is 16.1 Å². The number of imidazole rings is 1. The van der Waals surface area contributed by atoms with E-state index in [-0.39, 0.29) is 5.69 Å². The number of rotatable bonds is 5. The molecule has 0 bridgehead atoms. The van der Waals surface area contributed by atoms with Crippen molar-refractivity contribution in [1.82, 2.24) is 9.13 Å². The first-order chi connectivity index (χ1) is 13.1. The summed E-state index contributed by atoms with van der Waals surface area (Å²) in [5.41, 5.74) is 2.13. The van der Waals surface area contributed by atoms with Crippen LogP contribution in [0.4, 0.5) is 11.4 Å². The zero-order valence-electron chi connectivity index (χ0n) is 16.1. The molecule has 1 atom stereocenters. The fraction of sp³-hybridized carbons (Fsp3) is 0.263. The molecule has 28 heavy (non-hydrogen) atoms. The van der Waals surface area contributed by atoms with Crippen LogP contribution in [0.25, 0.3) is 11.0 Å². The third-order valence-electron chi connectivity index (χ3n) is 4.64. The molecule has 3 aromatic rings. The maximum Gasteiger partial charge on any atom is 0.328 e. The van der Waals surface area contributed by atoms with Gasteiger partial charge in [0, 0.05) is 19.8 Å². The summed E-state index contributed by atoms with van der Waals surface area (Å²) in [4.78, 5) is 24.8. The lowest BCUT2D eigenvalue weighted by atomic mass is 10.2. The quantitative estimate of drug-likeness (QED) is 0.703. The summed E-state index contributed by atoms with van der Waals surface area (Å²) in [7, 11) is -0.347. The van der Waals surface area contributed by atoms with E-state index in [1.54, 1.807) is 62.6 Å². The second kappa shape index (κ2) is 7.16. The SMILES string of the molecule is C[C@H](C(=O)Nc1ccc2c(c1)n(C)c(=O)n2C)N(c1ccccc1)S(C)(=O)=O. The van der Waals surface area contributed by atoms with Crippen molar-refractivity contribution >= 4 is 38.3 Å². The van der Waals surface area contributed by atoms with E-state index in [2.05, 4.69) is 5.32 Å². The van der Waals surface area contributed by atoms with Crippen LogP contribution in [0.5, 0.6) is 0 Å². The second-order valence-corrected chi connectivity index (χ2v) is 8.52. The van der Waals surface area contributed by atoms with Crippen molar-refractivity contribution in [3.63, 3.8) is 0 Å². The molecule has 1 amide bonds. The Bertz CT molecular complexity index is 1200. The number of hydrogen-bond donors (Lipinski definition) is 1. The first-order valence-electron chi connectivity index (χ1n) is 8.62. The van der Waals surface area contributed by atoms with Gasteiger partial charge in [-0.25, -0.2) is 13.2 Å². The fourth-order valence-corrected chi connectivity index (χ4v) is 4.39. The van der Waals surface area contributed by atoms with Gasteiger partial charge >= 0.3 is 5.69 Å². The minimum absolute atomic E-state index is 0.167. The molecule has 0 unspecified atom stereocenters. The minimum atomic E-state index is -3.67. The topological polar surface area (TPSA) is 93.4 Å². The highest BCUT2D eigenvalue weighted by atomic mass is 32.2. The number of para-hydroxylation sites is 1. The molecule has 9 heteroatoms. The van der Waals surface area contributed by atoms with Gasteiger partial charge in [-0.05, 0) is 37.3 Å². The van der Waals surface area contributed by atoms with Crippen molar-refractivity contribution in [1.29, 1.82) is 0 Å². The lowest BCUT2D eigenvalue weighted by Crippen LogP contribution is -2.45. The number of nitrogens with one attached hydrogen (secondary N) is 1. The number of fused-ring (bicyclic) bond motifs is 1. The Kier molecular flexibility index (Phi) is 5.03. The molecule has 0 spiro atoms. The van der Waals surface area contributed by atoms with E-state index >= 15 is 0 Å². The zero-order chi connectivity index (χ0) is 20.6. The molecule has 0 fully saturated rings. The van der Waals surface area contributed by atoms with Gasteiger partial charge in [-0.3, -0.25) is 18.2 Å². The smallest absolute Gasteiger partial charge is 0.324 e. The molecule has 148 valence electrons. The molecule has 0 saturated heterocycles. The monoisotopic (exact) mass is 402 g/mol. The lowest BCUT2D eigenvalue weighted by molar-refractivity contribution is -0.116. The van der Waals surface area contributed by atoms with Crippen molar-refractivity contribution in [2.45, 2.75) is 13.0 Å². The average molecular weight is 402 g/mol. The molecule has 0 radical (unpaired) electrons. The normalized spacial score (nSPS) is 12.7. The Hall–Kier alpha value is -3.07. The highest BCUT2D eigenvalue weighted by molar-refractivity contribution is 7.92. The van der Waals surface area contributed by atoms with E-state index in [4.69, 9.17) is 0 Å². The van der Waals surface area contributed by atoms with Crippen LogP contribution in [-0.4, -0.2) is 35.8 Å². The van der Waals surface area contributed by atoms with Crippen molar-refractivity contribution in [2.24, 2.45) is 14.1 Å². The maximum absolute atomic E-state index is 12.8. The van der Waals surface area contributed by atoms with Crippen LogP contribution in [0.1, 0.15) is 6.92 Å². The highest BCUT2D eigenvalue weighted by Gasteiger charge is 2.29. The number of hydrogen-bond acceptors (Lipinski definition) is 4. The summed E-state index contributed by atoms with van der Waals surface area (Å²) in [6.07, 6.45) is 1.07. The summed E-state index contributed by atoms with van der Waals surface area (Å²) >= 11 is 0. The number of anilines is 2. The molecule has 3 rings (SSSR count). The molecule has 0 saturated carbocycles. The van der Waals surface area contributed by atoms with Crippen LogP contribution in [0, 0.1) is 0 Å². The van der Waals surface area contributed by atoms with Gasteiger partial charge in [0.15, 0.2) is 0 Å². The van der Waals surface area contributed by atoms with Gasteiger partial charge < -0.3 is 5.32 Å². The van der Waals surface area contributed by atoms with Gasteiger partial charge in [0.2, 0.25) is 15.9 Å². The van der Waals surface area contributed by atoms with Crippen LogP contribution in [-0.2, 0) is 28.9 Å². The molecule has 0 aliphatic rings. The van der Waals surface area contributed by atoms with Gasteiger partial charge in [-0.1, -0.05) is 18.2 Å². The zero-order valence-corrected chi connectivity index (χ0v) is 16.9. The van der Waals surface area contributed by atoms with E-state index in [1.807, 2.05) is 0 Å². The first kappa shape index (κ1) is 19.7. The molecule has 1 aromatic heterocycles. The van der Waals surface area contributed by atoms with Gasteiger partial charge in [0.25, 0.3) is 0 Å². The average Bonchev–Trinajstić information content (AvgIpc) is 2.85. The number of nitrogens with zero attached hydrogens (tertiary/aromatic N) is 3. The standard InChI is InChI=1S/C19H22N4O4S/c1-13(23(28(4,26)27)15-8-6-5-7-9-15)18(24)20-14-10-11-16-17(12-14)22(3)19(25)21(16)2/h5-13H,1-4H3,(H,20,24)/t13-/m1/s1. The largest absolute Gasteiger partial charge is 0.328 e. The first-order valence-corrected chi connectivity index (χ1v) is 10.5. The number of aryl methyl sites for hydroxylation is 2. The van der Waals surface area contributed by atoms with Gasteiger partial charge in [-0.15, -0.1) is 0 Å². The van der Waals surface area contributed by atoms with E-state index < -0.39 is 22.0 Å². The van der Waals surface area contributed by atoms with Crippen LogP contribution in [0.3, 0.4) is 0 Å². The van der Waals surface area contributed by atoms with Crippen LogP contribution < -0.4 is 15.3 Å². The Morgan fingerprint density at radius 2 is 1.64 bits per heavy atom. The second-order valence-electron chi connectivity index (χ2n) is 6.66. The molecule has 1 heterocycles. The van der Waals surface area contributed by atoms with Gasteiger partial charge in [0.1, 0.15) is 6.04 Å². The molecule has 2 aromatic carbocycles. The summed E-state index contributed by atoms with van der Waals surface area (Å²) < 4.78 is 28.7. The minimum Gasteiger partial charge on any atom is -0.324 e. The Labute approximate surface area is 163 Å². The number of carbonyl (C=O) groups excluding carboxylic acids is 1. The van der Waals surface area contributed by atoms with Crippen molar-refractivity contribution in [2.75, 3.05) is 15.9 Å². The summed E-state index contributed by atoms with van der Waals surface area (Å²) in [6, 6.07) is 12.6. The Morgan fingerprint density at radius 1 is 1.04 bits per heavy atom. The molecule has 8 nitrogen and oxygen atoms in total. The van der Waals surface area contributed by atoms with Crippen molar-refractivity contribution in [3.8, 4) is 0 Å². The predicted octanol–water partition coefficient (Wildman–Crippen LogP) is 1.67. The Morgan fingerprint density at radius 3 is 2.25 bits per heavy atom. The molecule has 0 aliphatic heterocycles. The molecule has 0 aliphatic carbocycles. The van der Waals surface area contributed by atoms with Crippen molar-refractivity contribution in [3.05, 3.63) is 59.0 Å². The maximum atomic E-state index is 12.8. The van der Waals surface area contributed by atoms with Crippen molar-refractivity contribution < 1.29 is 13.2 Å². The molecular formula is C19H22N4O4S. The third-order valence-corrected chi connectivity index (χ3v) is 5.88. The predicted molar refractivity (Wildman–Crippen MR) is 110 cm³/mol. The number of benzene rings is 2. The summed E-state index contributed by atoms with van der Waals surface area (Å²) in [6.45, 7) is 1.53. The lowest BCUT2D eigenvalue weighted by Gasteiger charge is -2.28. The van der Waals surface area contributed by atoms with Crippen LogP contribution in [0.15, 0.2) is 53.3 Å². The number of amides is 1. The molecule has 1 N–H and O–H groups in total. The van der Waals surface area contributed by atoms with Gasteiger partial charge in [-0.2, -0.15) is 0 Å². The summed E-state index contributed by atoms with van der Waals surface area (Å²) in [5.74, 6) is -0.477. The number of aromatic nitrogens is 2. The third kappa shape index (κ3) is 3.53. The van der Waals surface area contributed by atoms with Crippen LogP contribution >= 0.6 is 0 Å². The summed E-state index contributed by atoms with van der Waals surface area (Å²) in [5, 5.41) is 2.74. The van der Waals surface area contributed by atoms with Crippen LogP contribution in [0.2, 0.25) is 0 Å². The van der Waals surface area contributed by atoms with E-state index in [0.29, 0.717) is 16.9 Å². The molecular weight excluding hydrogens is 380 g/mol. The van der Waals surface area contributed by atoms with Gasteiger partial charge in [0.05, 0.1) is 23.0 Å². The van der Waals surface area contributed by atoms with E-state index in [1.165, 1.54) is 16.1 Å². The Balaban J connectivity index is 1.92. The van der Waals surface area contributed by atoms with E-state index in [9.17, 15) is 18.0 Å². The highest BCUT2D eigenvalue weighted by Crippen LogP contribution is 2.22. The number of sulfonamides is 1.